The third-order valence-corrected chi connectivity index (χ3v) is 3.56. The molecule has 0 fully saturated rings. The van der Waals surface area contributed by atoms with Crippen LogP contribution in [0.15, 0.2) is 0 Å². The van der Waals surface area contributed by atoms with Crippen LogP contribution in [0.2, 0.25) is 0 Å². The minimum Gasteiger partial charge on any atom is -0.461 e. The maximum atomic E-state index is 11.3. The quantitative estimate of drug-likeness (QED) is 0.402. The first-order chi connectivity index (χ1) is 8.92. The number of esters is 1. The standard InChI is InChI=1S/C10H16N2O5S2/c1-3-16-10(13)9-12-11-8(18-9)6-4-5-7-17-19(2,14)15/h3-7H2,1-2H3. The van der Waals surface area contributed by atoms with Crippen LogP contribution in [0.1, 0.15) is 34.6 Å². The number of hydrogen-bond donors (Lipinski definition) is 0. The van der Waals surface area contributed by atoms with E-state index < -0.39 is 16.1 Å². The smallest absolute Gasteiger partial charge is 0.369 e. The van der Waals surface area contributed by atoms with Crippen molar-refractivity contribution >= 4 is 27.4 Å². The monoisotopic (exact) mass is 308 g/mol. The van der Waals surface area contributed by atoms with Gasteiger partial charge in [-0.05, 0) is 19.8 Å². The average Bonchev–Trinajstić information content (AvgIpc) is 2.76. The minimum atomic E-state index is -3.37. The van der Waals surface area contributed by atoms with Crippen molar-refractivity contribution in [3.8, 4) is 0 Å². The van der Waals surface area contributed by atoms with Gasteiger partial charge in [0.1, 0.15) is 5.01 Å². The van der Waals surface area contributed by atoms with Crippen LogP contribution in [0.4, 0.5) is 0 Å². The zero-order chi connectivity index (χ0) is 14.3. The van der Waals surface area contributed by atoms with E-state index >= 15 is 0 Å². The number of hydrogen-bond acceptors (Lipinski definition) is 8. The third kappa shape index (κ3) is 6.60. The number of nitrogens with zero attached hydrogens (tertiary/aromatic N) is 2. The van der Waals surface area contributed by atoms with Crippen molar-refractivity contribution < 1.29 is 22.1 Å². The van der Waals surface area contributed by atoms with Crippen LogP contribution >= 0.6 is 11.3 Å². The van der Waals surface area contributed by atoms with Crippen molar-refractivity contribution in [3.63, 3.8) is 0 Å². The summed E-state index contributed by atoms with van der Waals surface area (Å²) in [5, 5.41) is 8.58. The fourth-order valence-corrected chi connectivity index (χ4v) is 2.41. The predicted molar refractivity (Wildman–Crippen MR) is 69.6 cm³/mol. The molecule has 0 saturated carbocycles. The Kier molecular flexibility index (Phi) is 6.32. The molecular formula is C10H16N2O5S2. The Labute approximate surface area is 116 Å². The summed E-state index contributed by atoms with van der Waals surface area (Å²) in [6.45, 7) is 2.18. The second-order valence-corrected chi connectivity index (χ2v) is 6.41. The minimum absolute atomic E-state index is 0.155. The lowest BCUT2D eigenvalue weighted by atomic mass is 10.2. The van der Waals surface area contributed by atoms with Crippen LogP contribution in [0, 0.1) is 0 Å². The number of unbranched alkanes of at least 4 members (excludes halogenated alkanes) is 1. The molecule has 9 heteroatoms. The lowest BCUT2D eigenvalue weighted by Crippen LogP contribution is -2.04. The zero-order valence-electron chi connectivity index (χ0n) is 10.8. The van der Waals surface area contributed by atoms with Crippen molar-refractivity contribution in [3.05, 3.63) is 10.0 Å². The highest BCUT2D eigenvalue weighted by Crippen LogP contribution is 2.13. The zero-order valence-corrected chi connectivity index (χ0v) is 12.4. The number of aryl methyl sites for hydroxylation is 1. The molecule has 0 aliphatic rings. The Bertz CT molecular complexity index is 512. The summed E-state index contributed by atoms with van der Waals surface area (Å²) in [5.74, 6) is -0.466. The van der Waals surface area contributed by atoms with Gasteiger partial charge in [-0.15, -0.1) is 10.2 Å². The van der Waals surface area contributed by atoms with Crippen LogP contribution in [-0.4, -0.2) is 44.1 Å². The molecule has 1 heterocycles. The van der Waals surface area contributed by atoms with Gasteiger partial charge in [-0.1, -0.05) is 11.3 Å². The van der Waals surface area contributed by atoms with Gasteiger partial charge in [0.15, 0.2) is 0 Å². The molecule has 7 nitrogen and oxygen atoms in total. The molecule has 0 amide bonds. The molecule has 0 radical (unpaired) electrons. The molecule has 0 aliphatic carbocycles. The van der Waals surface area contributed by atoms with Gasteiger partial charge in [0.25, 0.3) is 10.1 Å². The van der Waals surface area contributed by atoms with Gasteiger partial charge in [-0.2, -0.15) is 8.42 Å². The predicted octanol–water partition coefficient (Wildman–Crippen LogP) is 1.01. The normalized spacial score (nSPS) is 11.5. The first-order valence-corrected chi connectivity index (χ1v) is 8.39. The summed E-state index contributed by atoms with van der Waals surface area (Å²) in [4.78, 5) is 11.3. The molecule has 0 atom stereocenters. The second kappa shape index (κ2) is 7.51. The molecule has 0 N–H and O–H groups in total. The van der Waals surface area contributed by atoms with E-state index in [9.17, 15) is 13.2 Å². The summed E-state index contributed by atoms with van der Waals surface area (Å²) < 4.78 is 30.8. The molecule has 19 heavy (non-hydrogen) atoms. The molecule has 0 aliphatic heterocycles. The number of rotatable bonds is 8. The Balaban J connectivity index is 2.29. The van der Waals surface area contributed by atoms with E-state index in [2.05, 4.69) is 14.4 Å². The van der Waals surface area contributed by atoms with E-state index in [1.54, 1.807) is 6.92 Å². The highest BCUT2D eigenvalue weighted by atomic mass is 32.2. The van der Waals surface area contributed by atoms with Crippen molar-refractivity contribution in [2.45, 2.75) is 26.2 Å². The highest BCUT2D eigenvalue weighted by molar-refractivity contribution is 7.85. The Morgan fingerprint density at radius 2 is 2.05 bits per heavy atom. The summed E-state index contributed by atoms with van der Waals surface area (Å²) in [6, 6.07) is 0. The van der Waals surface area contributed by atoms with Crippen molar-refractivity contribution in [1.29, 1.82) is 0 Å². The summed E-state index contributed by atoms with van der Waals surface area (Å²) in [7, 11) is -3.37. The molecule has 0 unspecified atom stereocenters. The van der Waals surface area contributed by atoms with Crippen LogP contribution < -0.4 is 0 Å². The third-order valence-electron chi connectivity index (χ3n) is 2.00. The summed E-state index contributed by atoms with van der Waals surface area (Å²) >= 11 is 1.19. The molecule has 108 valence electrons. The maximum Gasteiger partial charge on any atom is 0.369 e. The van der Waals surface area contributed by atoms with E-state index in [1.807, 2.05) is 0 Å². The SMILES string of the molecule is CCOC(=O)c1nnc(CCCCOS(C)(=O)=O)s1. The molecular weight excluding hydrogens is 292 g/mol. The van der Waals surface area contributed by atoms with Crippen LogP contribution in [0.3, 0.4) is 0 Å². The summed E-state index contributed by atoms with van der Waals surface area (Å²) in [6.07, 6.45) is 2.96. The second-order valence-electron chi connectivity index (χ2n) is 3.70. The van der Waals surface area contributed by atoms with E-state index in [0.717, 1.165) is 11.3 Å². The van der Waals surface area contributed by atoms with Crippen LogP contribution in [-0.2, 0) is 25.5 Å². The van der Waals surface area contributed by atoms with E-state index in [4.69, 9.17) is 4.74 Å². The average molecular weight is 308 g/mol. The number of carbonyl (C=O) groups is 1. The fourth-order valence-electron chi connectivity index (χ4n) is 1.22. The Morgan fingerprint density at radius 1 is 1.32 bits per heavy atom. The van der Waals surface area contributed by atoms with Crippen molar-refractivity contribution in [2.24, 2.45) is 0 Å². The topological polar surface area (TPSA) is 95.4 Å². The Morgan fingerprint density at radius 3 is 2.68 bits per heavy atom. The first-order valence-electron chi connectivity index (χ1n) is 5.76. The molecule has 0 spiro atoms. The molecule has 0 bridgehead atoms. The molecule has 1 rings (SSSR count). The van der Waals surface area contributed by atoms with Crippen molar-refractivity contribution in [2.75, 3.05) is 19.5 Å². The molecule has 0 saturated heterocycles. The van der Waals surface area contributed by atoms with E-state index in [0.29, 0.717) is 25.9 Å². The largest absolute Gasteiger partial charge is 0.461 e. The lowest BCUT2D eigenvalue weighted by Gasteiger charge is -1.99. The fraction of sp³-hybridized carbons (Fsp3) is 0.700. The van der Waals surface area contributed by atoms with Gasteiger partial charge in [0.2, 0.25) is 5.01 Å². The Hall–Kier alpha value is -1.06. The van der Waals surface area contributed by atoms with E-state index in [-0.39, 0.29) is 11.6 Å². The van der Waals surface area contributed by atoms with Gasteiger partial charge < -0.3 is 4.74 Å². The lowest BCUT2D eigenvalue weighted by molar-refractivity contribution is 0.0525. The number of ether oxygens (including phenoxy) is 1. The van der Waals surface area contributed by atoms with Gasteiger partial charge in [-0.3, -0.25) is 4.18 Å². The maximum absolute atomic E-state index is 11.3. The van der Waals surface area contributed by atoms with Crippen molar-refractivity contribution in [1.82, 2.24) is 10.2 Å². The van der Waals surface area contributed by atoms with E-state index in [1.165, 1.54) is 11.3 Å². The number of carbonyl (C=O) groups excluding carboxylic acids is 1. The highest BCUT2D eigenvalue weighted by Gasteiger charge is 2.13. The summed E-state index contributed by atoms with van der Waals surface area (Å²) in [5.41, 5.74) is 0. The van der Waals surface area contributed by atoms with Crippen LogP contribution in [0.5, 0.6) is 0 Å². The number of aromatic nitrogens is 2. The molecule has 0 aromatic carbocycles. The van der Waals surface area contributed by atoms with Gasteiger partial charge in [0.05, 0.1) is 19.5 Å². The van der Waals surface area contributed by atoms with Gasteiger partial charge in [0, 0.05) is 6.42 Å². The first kappa shape index (κ1) is 16.0. The molecule has 1 aromatic heterocycles. The van der Waals surface area contributed by atoms with Gasteiger partial charge >= 0.3 is 5.97 Å². The van der Waals surface area contributed by atoms with Crippen LogP contribution in [0.25, 0.3) is 0 Å². The van der Waals surface area contributed by atoms with Gasteiger partial charge in [-0.25, -0.2) is 4.79 Å². The molecule has 1 aromatic rings.